The summed E-state index contributed by atoms with van der Waals surface area (Å²) in [7, 11) is 0. The molecule has 1 heterocycles. The number of nitrogens with zero attached hydrogens (tertiary/aromatic N) is 1. The van der Waals surface area contributed by atoms with E-state index in [-0.39, 0.29) is 36.8 Å². The Morgan fingerprint density at radius 3 is 2.62 bits per heavy atom. The minimum atomic E-state index is -0.0214. The number of hydrogen-bond donors (Lipinski definition) is 2. The normalized spacial score (nSPS) is 11.1. The molecule has 0 aliphatic rings. The molecule has 1 amide bonds. The summed E-state index contributed by atoms with van der Waals surface area (Å²) in [5.41, 5.74) is 6.53. The lowest BCUT2D eigenvalue weighted by molar-refractivity contribution is -0.121. The molecule has 0 radical (unpaired) electrons. The second-order valence-corrected chi connectivity index (χ2v) is 5.68. The van der Waals surface area contributed by atoms with E-state index in [0.717, 1.165) is 12.0 Å². The maximum Gasteiger partial charge on any atom is 0.220 e. The van der Waals surface area contributed by atoms with Gasteiger partial charge in [-0.2, -0.15) is 0 Å². The summed E-state index contributed by atoms with van der Waals surface area (Å²) in [5.74, 6) is 1.20. The summed E-state index contributed by atoms with van der Waals surface area (Å²) in [6, 6.07) is 7.42. The summed E-state index contributed by atoms with van der Waals surface area (Å²) >= 11 is 5.85. The van der Waals surface area contributed by atoms with Gasteiger partial charge in [0.15, 0.2) is 11.7 Å². The minimum Gasteiger partial charge on any atom is -0.441 e. The van der Waals surface area contributed by atoms with Gasteiger partial charge in [-0.3, -0.25) is 4.79 Å². The van der Waals surface area contributed by atoms with Crippen LogP contribution in [0, 0.1) is 0 Å². The van der Waals surface area contributed by atoms with E-state index in [1.54, 1.807) is 18.3 Å². The first-order valence-electron chi connectivity index (χ1n) is 7.27. The predicted octanol–water partition coefficient (Wildman–Crippen LogP) is 3.62. The van der Waals surface area contributed by atoms with Crippen LogP contribution >= 0.6 is 36.4 Å². The molecule has 24 heavy (non-hydrogen) atoms. The fourth-order valence-corrected chi connectivity index (χ4v) is 2.05. The lowest BCUT2D eigenvalue weighted by Crippen LogP contribution is -2.29. The van der Waals surface area contributed by atoms with E-state index in [2.05, 4.69) is 10.3 Å². The summed E-state index contributed by atoms with van der Waals surface area (Å²) in [5, 5.41) is 3.50. The molecule has 0 saturated carbocycles. The zero-order valence-corrected chi connectivity index (χ0v) is 15.7. The van der Waals surface area contributed by atoms with Crippen molar-refractivity contribution in [1.29, 1.82) is 0 Å². The van der Waals surface area contributed by atoms with Crippen LogP contribution in [0.25, 0.3) is 11.3 Å². The number of carbonyl (C=O) groups is 1. The molecule has 2 aromatic rings. The molecule has 5 nitrogen and oxygen atoms in total. The SMILES string of the molecule is CC(N)CCNC(=O)CCc1ncc(-c2ccc(Cl)cc2)o1.Cl.Cl. The topological polar surface area (TPSA) is 81.1 Å². The van der Waals surface area contributed by atoms with Crippen molar-refractivity contribution in [2.45, 2.75) is 32.2 Å². The van der Waals surface area contributed by atoms with Gasteiger partial charge in [-0.15, -0.1) is 24.8 Å². The van der Waals surface area contributed by atoms with Gasteiger partial charge in [-0.25, -0.2) is 4.98 Å². The Morgan fingerprint density at radius 1 is 1.33 bits per heavy atom. The molecule has 0 aliphatic heterocycles. The largest absolute Gasteiger partial charge is 0.441 e. The summed E-state index contributed by atoms with van der Waals surface area (Å²) in [6.45, 7) is 2.51. The van der Waals surface area contributed by atoms with Crippen LogP contribution in [0.5, 0.6) is 0 Å². The Bertz CT molecular complexity index is 615. The molecule has 1 aromatic carbocycles. The Kier molecular flexibility index (Phi) is 10.7. The van der Waals surface area contributed by atoms with E-state index in [0.29, 0.717) is 36.1 Å². The van der Waals surface area contributed by atoms with E-state index >= 15 is 0 Å². The number of amides is 1. The first-order chi connectivity index (χ1) is 10.5. The number of aromatic nitrogens is 1. The molecule has 0 spiro atoms. The number of hydrogen-bond acceptors (Lipinski definition) is 4. The van der Waals surface area contributed by atoms with Crippen molar-refractivity contribution in [3.63, 3.8) is 0 Å². The van der Waals surface area contributed by atoms with Crippen molar-refractivity contribution in [3.05, 3.63) is 41.4 Å². The van der Waals surface area contributed by atoms with Gasteiger partial charge >= 0.3 is 0 Å². The molecule has 134 valence electrons. The van der Waals surface area contributed by atoms with Crippen LogP contribution in [0.1, 0.15) is 25.7 Å². The zero-order chi connectivity index (χ0) is 15.9. The monoisotopic (exact) mass is 393 g/mol. The maximum absolute atomic E-state index is 11.7. The Morgan fingerprint density at radius 2 is 2.00 bits per heavy atom. The number of halogens is 3. The molecule has 3 N–H and O–H groups in total. The van der Waals surface area contributed by atoms with Crippen LogP contribution in [0.3, 0.4) is 0 Å². The van der Waals surface area contributed by atoms with E-state index in [1.807, 2.05) is 19.1 Å². The number of rotatable bonds is 7. The van der Waals surface area contributed by atoms with Crippen molar-refractivity contribution in [2.75, 3.05) is 6.54 Å². The molecular weight excluding hydrogens is 373 g/mol. The average Bonchev–Trinajstić information content (AvgIpc) is 2.94. The lowest BCUT2D eigenvalue weighted by Gasteiger charge is -2.06. The third-order valence-electron chi connectivity index (χ3n) is 3.17. The molecule has 8 heteroatoms. The van der Waals surface area contributed by atoms with Gasteiger partial charge in [-0.1, -0.05) is 11.6 Å². The van der Waals surface area contributed by atoms with E-state index in [4.69, 9.17) is 21.8 Å². The fraction of sp³-hybridized carbons (Fsp3) is 0.375. The number of benzene rings is 1. The van der Waals surface area contributed by atoms with Gasteiger partial charge in [0.05, 0.1) is 6.20 Å². The van der Waals surface area contributed by atoms with Gasteiger partial charge in [0.2, 0.25) is 5.91 Å². The maximum atomic E-state index is 11.7. The van der Waals surface area contributed by atoms with E-state index in [9.17, 15) is 4.79 Å². The van der Waals surface area contributed by atoms with Crippen LogP contribution in [0.15, 0.2) is 34.9 Å². The van der Waals surface area contributed by atoms with Gasteiger partial charge in [0.1, 0.15) is 0 Å². The van der Waals surface area contributed by atoms with Gasteiger partial charge < -0.3 is 15.5 Å². The molecule has 0 aliphatic carbocycles. The average molecular weight is 395 g/mol. The molecular formula is C16H22Cl3N3O2. The summed E-state index contributed by atoms with van der Waals surface area (Å²) in [6.07, 6.45) is 3.25. The van der Waals surface area contributed by atoms with Crippen LogP contribution in [0.2, 0.25) is 5.02 Å². The van der Waals surface area contributed by atoms with Crippen molar-refractivity contribution < 1.29 is 9.21 Å². The van der Waals surface area contributed by atoms with Gasteiger partial charge in [0.25, 0.3) is 0 Å². The smallest absolute Gasteiger partial charge is 0.220 e. The Labute approximate surface area is 159 Å². The van der Waals surface area contributed by atoms with Gasteiger partial charge in [-0.05, 0) is 37.6 Å². The fourth-order valence-electron chi connectivity index (χ4n) is 1.92. The van der Waals surface area contributed by atoms with Crippen LogP contribution in [-0.2, 0) is 11.2 Å². The van der Waals surface area contributed by atoms with Crippen molar-refractivity contribution >= 4 is 42.3 Å². The van der Waals surface area contributed by atoms with E-state index in [1.165, 1.54) is 0 Å². The number of nitrogens with two attached hydrogens (primary N) is 1. The number of carbonyl (C=O) groups excluding carboxylic acids is 1. The minimum absolute atomic E-state index is 0. The highest BCUT2D eigenvalue weighted by Crippen LogP contribution is 2.22. The molecule has 0 bridgehead atoms. The van der Waals surface area contributed by atoms with E-state index < -0.39 is 0 Å². The highest BCUT2D eigenvalue weighted by atomic mass is 35.5. The first kappa shape index (κ1) is 22.7. The second kappa shape index (κ2) is 11.3. The highest BCUT2D eigenvalue weighted by Gasteiger charge is 2.09. The Hall–Kier alpha value is -1.27. The number of aryl methyl sites for hydroxylation is 1. The van der Waals surface area contributed by atoms with Gasteiger partial charge in [0, 0.05) is 36.0 Å². The molecule has 1 aromatic heterocycles. The van der Waals surface area contributed by atoms with Crippen molar-refractivity contribution in [3.8, 4) is 11.3 Å². The molecule has 1 atom stereocenters. The van der Waals surface area contributed by atoms with Crippen LogP contribution in [0.4, 0.5) is 0 Å². The van der Waals surface area contributed by atoms with Crippen molar-refractivity contribution in [1.82, 2.24) is 10.3 Å². The lowest BCUT2D eigenvalue weighted by atomic mass is 10.2. The van der Waals surface area contributed by atoms with Crippen LogP contribution < -0.4 is 11.1 Å². The molecule has 0 fully saturated rings. The highest BCUT2D eigenvalue weighted by molar-refractivity contribution is 6.30. The van der Waals surface area contributed by atoms with Crippen LogP contribution in [-0.4, -0.2) is 23.5 Å². The third-order valence-corrected chi connectivity index (χ3v) is 3.42. The molecule has 2 rings (SSSR count). The van der Waals surface area contributed by atoms with Crippen molar-refractivity contribution in [2.24, 2.45) is 5.73 Å². The standard InChI is InChI=1S/C16H20ClN3O2.2ClH/c1-11(18)8-9-19-15(21)6-7-16-20-10-14(22-16)12-2-4-13(17)5-3-12;;/h2-5,10-11H,6-9,18H2,1H3,(H,19,21);2*1H. The zero-order valence-electron chi connectivity index (χ0n) is 13.3. The summed E-state index contributed by atoms with van der Waals surface area (Å²) < 4.78 is 5.65. The number of nitrogens with one attached hydrogen (secondary N) is 1. The second-order valence-electron chi connectivity index (χ2n) is 5.24. The third kappa shape index (κ3) is 7.53. The predicted molar refractivity (Wildman–Crippen MR) is 101 cm³/mol. The molecule has 1 unspecified atom stereocenters. The summed E-state index contributed by atoms with van der Waals surface area (Å²) in [4.78, 5) is 15.9. The first-order valence-corrected chi connectivity index (χ1v) is 7.65. The molecule has 0 saturated heterocycles. The quantitative estimate of drug-likeness (QED) is 0.751. The Balaban J connectivity index is 0.00000264. The number of oxazole rings is 1.